The molecular weight excluding hydrogens is 368 g/mol. The molecule has 1 unspecified atom stereocenters. The third-order valence-corrected chi connectivity index (χ3v) is 4.61. The van der Waals surface area contributed by atoms with Gasteiger partial charge < -0.3 is 14.8 Å². The van der Waals surface area contributed by atoms with Gasteiger partial charge in [-0.25, -0.2) is 4.79 Å². The number of nitrogens with one attached hydrogen (secondary N) is 1. The Labute approximate surface area is 172 Å². The number of anilines is 2. The Balaban J connectivity index is 1.97. The van der Waals surface area contributed by atoms with Crippen LogP contribution in [0.2, 0.25) is 0 Å². The second-order valence-corrected chi connectivity index (χ2v) is 7.23. The first-order valence-electron chi connectivity index (χ1n) is 9.81. The molecule has 0 fully saturated rings. The number of amides is 2. The Kier molecular flexibility index (Phi) is 7.65. The van der Waals surface area contributed by atoms with Crippen LogP contribution in [0.15, 0.2) is 42.5 Å². The van der Waals surface area contributed by atoms with Crippen LogP contribution in [0.5, 0.6) is 5.75 Å². The normalized spacial score (nSPS) is 11.7. The predicted molar refractivity (Wildman–Crippen MR) is 116 cm³/mol. The number of nitrogens with zero attached hydrogens (tertiary/aromatic N) is 1. The second kappa shape index (κ2) is 9.96. The van der Waals surface area contributed by atoms with Gasteiger partial charge in [-0.2, -0.15) is 0 Å². The van der Waals surface area contributed by atoms with Gasteiger partial charge in [0, 0.05) is 18.4 Å². The lowest BCUT2D eigenvalue weighted by atomic mass is 9.98. The Morgan fingerprint density at radius 2 is 1.72 bits per heavy atom. The number of benzene rings is 2. The minimum Gasteiger partial charge on any atom is -0.481 e. The van der Waals surface area contributed by atoms with Gasteiger partial charge in [0.1, 0.15) is 5.75 Å². The molecule has 0 aromatic heterocycles. The van der Waals surface area contributed by atoms with E-state index in [1.54, 1.807) is 45.2 Å². The zero-order valence-corrected chi connectivity index (χ0v) is 18.0. The van der Waals surface area contributed by atoms with Crippen molar-refractivity contribution in [3.8, 4) is 5.75 Å². The number of carbonyl (C=O) groups excluding carboxylic acids is 2. The fourth-order valence-corrected chi connectivity index (χ4v) is 2.96. The van der Waals surface area contributed by atoms with Crippen molar-refractivity contribution in [2.45, 2.75) is 46.6 Å². The molecule has 156 valence electrons. The number of rotatable bonds is 7. The molecule has 0 radical (unpaired) electrons. The van der Waals surface area contributed by atoms with Crippen LogP contribution in [0.25, 0.3) is 0 Å². The SMILES string of the molecule is CCOC(=O)N(C)c1ccc(NC(=O)C(C)Oc2ccc(C(C)C)c(C)c2)cc1. The van der Waals surface area contributed by atoms with E-state index in [-0.39, 0.29) is 5.91 Å². The Morgan fingerprint density at radius 3 is 2.28 bits per heavy atom. The fourth-order valence-electron chi connectivity index (χ4n) is 2.96. The molecule has 2 rings (SSSR count). The third-order valence-electron chi connectivity index (χ3n) is 4.61. The Hall–Kier alpha value is -3.02. The molecule has 0 heterocycles. The van der Waals surface area contributed by atoms with Crippen LogP contribution in [-0.2, 0) is 9.53 Å². The van der Waals surface area contributed by atoms with E-state index in [1.807, 2.05) is 25.1 Å². The monoisotopic (exact) mass is 398 g/mol. The molecule has 0 aliphatic heterocycles. The van der Waals surface area contributed by atoms with E-state index in [2.05, 4.69) is 19.2 Å². The summed E-state index contributed by atoms with van der Waals surface area (Å²) in [4.78, 5) is 25.6. The first kappa shape index (κ1) is 22.3. The smallest absolute Gasteiger partial charge is 0.413 e. The van der Waals surface area contributed by atoms with Crippen LogP contribution < -0.4 is 15.0 Å². The highest BCUT2D eigenvalue weighted by molar-refractivity contribution is 5.94. The molecule has 0 saturated heterocycles. The molecule has 2 aromatic rings. The van der Waals surface area contributed by atoms with Crippen molar-refractivity contribution >= 4 is 23.4 Å². The van der Waals surface area contributed by atoms with Gasteiger partial charge in [0.2, 0.25) is 0 Å². The van der Waals surface area contributed by atoms with Gasteiger partial charge >= 0.3 is 6.09 Å². The molecule has 29 heavy (non-hydrogen) atoms. The first-order chi connectivity index (χ1) is 13.7. The molecule has 0 aliphatic carbocycles. The van der Waals surface area contributed by atoms with Crippen LogP contribution in [-0.4, -0.2) is 31.8 Å². The molecule has 2 aromatic carbocycles. The molecule has 6 nitrogen and oxygen atoms in total. The number of aryl methyl sites for hydroxylation is 1. The van der Waals surface area contributed by atoms with Gasteiger partial charge in [-0.15, -0.1) is 0 Å². The van der Waals surface area contributed by atoms with Crippen molar-refractivity contribution in [2.75, 3.05) is 23.9 Å². The quantitative estimate of drug-likeness (QED) is 0.703. The maximum absolute atomic E-state index is 12.5. The van der Waals surface area contributed by atoms with Gasteiger partial charge in [-0.05, 0) is 74.2 Å². The Bertz CT molecular complexity index is 846. The highest BCUT2D eigenvalue weighted by Gasteiger charge is 2.16. The highest BCUT2D eigenvalue weighted by Crippen LogP contribution is 2.24. The molecule has 0 spiro atoms. The van der Waals surface area contributed by atoms with Crippen LogP contribution in [0.3, 0.4) is 0 Å². The topological polar surface area (TPSA) is 67.9 Å². The maximum atomic E-state index is 12.5. The van der Waals surface area contributed by atoms with Gasteiger partial charge in [-0.3, -0.25) is 9.69 Å². The van der Waals surface area contributed by atoms with Gasteiger partial charge in [0.15, 0.2) is 6.10 Å². The predicted octanol–water partition coefficient (Wildman–Crippen LogP) is 5.12. The minimum absolute atomic E-state index is 0.248. The van der Waals surface area contributed by atoms with E-state index in [9.17, 15) is 9.59 Å². The molecule has 1 N–H and O–H groups in total. The molecule has 6 heteroatoms. The van der Waals surface area contributed by atoms with Crippen molar-refractivity contribution in [1.82, 2.24) is 0 Å². The lowest BCUT2D eigenvalue weighted by Gasteiger charge is -2.18. The van der Waals surface area contributed by atoms with Crippen molar-refractivity contribution < 1.29 is 19.1 Å². The Morgan fingerprint density at radius 1 is 1.07 bits per heavy atom. The molecule has 0 bridgehead atoms. The lowest BCUT2D eigenvalue weighted by Crippen LogP contribution is -2.30. The summed E-state index contributed by atoms with van der Waals surface area (Å²) in [5.74, 6) is 0.860. The summed E-state index contributed by atoms with van der Waals surface area (Å²) in [6.45, 7) is 10.1. The molecule has 2 amide bonds. The first-order valence-corrected chi connectivity index (χ1v) is 9.81. The standard InChI is InChI=1S/C23H30N2O4/c1-7-28-23(27)25(6)19-10-8-18(9-11-19)24-22(26)17(5)29-20-12-13-21(15(2)3)16(4)14-20/h8-15,17H,7H2,1-6H3,(H,24,26). The summed E-state index contributed by atoms with van der Waals surface area (Å²) in [5.41, 5.74) is 3.71. The average Bonchev–Trinajstić information content (AvgIpc) is 2.68. The number of hydrogen-bond acceptors (Lipinski definition) is 4. The molecule has 0 aliphatic rings. The molecule has 1 atom stereocenters. The van der Waals surface area contributed by atoms with E-state index in [4.69, 9.17) is 9.47 Å². The summed E-state index contributed by atoms with van der Waals surface area (Å²) < 4.78 is 10.8. The summed E-state index contributed by atoms with van der Waals surface area (Å²) in [6.07, 6.45) is -1.08. The third kappa shape index (κ3) is 5.98. The van der Waals surface area contributed by atoms with Crippen molar-refractivity contribution in [3.05, 3.63) is 53.6 Å². The second-order valence-electron chi connectivity index (χ2n) is 7.23. The fraction of sp³-hybridized carbons (Fsp3) is 0.391. The van der Waals surface area contributed by atoms with E-state index in [0.29, 0.717) is 29.6 Å². The van der Waals surface area contributed by atoms with Crippen LogP contribution in [0.4, 0.5) is 16.2 Å². The lowest BCUT2D eigenvalue weighted by molar-refractivity contribution is -0.122. The van der Waals surface area contributed by atoms with Gasteiger partial charge in [-0.1, -0.05) is 19.9 Å². The zero-order chi connectivity index (χ0) is 21.6. The number of hydrogen-bond donors (Lipinski definition) is 1. The summed E-state index contributed by atoms with van der Waals surface area (Å²) in [5, 5.41) is 2.83. The minimum atomic E-state index is -0.652. The largest absolute Gasteiger partial charge is 0.481 e. The van der Waals surface area contributed by atoms with E-state index in [1.165, 1.54) is 10.5 Å². The average molecular weight is 399 g/mol. The number of carbonyl (C=O) groups is 2. The van der Waals surface area contributed by atoms with Crippen LogP contribution in [0, 0.1) is 6.92 Å². The maximum Gasteiger partial charge on any atom is 0.413 e. The van der Waals surface area contributed by atoms with Crippen LogP contribution >= 0.6 is 0 Å². The van der Waals surface area contributed by atoms with Crippen molar-refractivity contribution in [1.29, 1.82) is 0 Å². The van der Waals surface area contributed by atoms with Crippen molar-refractivity contribution in [2.24, 2.45) is 0 Å². The van der Waals surface area contributed by atoms with Crippen molar-refractivity contribution in [3.63, 3.8) is 0 Å². The molecule has 0 saturated carbocycles. The summed E-state index contributed by atoms with van der Waals surface area (Å²) in [7, 11) is 1.63. The van der Waals surface area contributed by atoms with E-state index in [0.717, 1.165) is 5.56 Å². The summed E-state index contributed by atoms with van der Waals surface area (Å²) in [6, 6.07) is 12.8. The highest BCUT2D eigenvalue weighted by atomic mass is 16.6. The van der Waals surface area contributed by atoms with E-state index < -0.39 is 12.2 Å². The van der Waals surface area contributed by atoms with Gasteiger partial charge in [0.05, 0.1) is 6.61 Å². The van der Waals surface area contributed by atoms with Gasteiger partial charge in [0.25, 0.3) is 5.91 Å². The van der Waals surface area contributed by atoms with E-state index >= 15 is 0 Å². The molecular formula is C23H30N2O4. The summed E-state index contributed by atoms with van der Waals surface area (Å²) >= 11 is 0. The zero-order valence-electron chi connectivity index (χ0n) is 18.0. The number of ether oxygens (including phenoxy) is 2. The van der Waals surface area contributed by atoms with Crippen LogP contribution in [0.1, 0.15) is 44.7 Å².